The summed E-state index contributed by atoms with van der Waals surface area (Å²) < 4.78 is 6.37. The van der Waals surface area contributed by atoms with Crippen molar-refractivity contribution < 1.29 is 4.43 Å². The zero-order valence-electron chi connectivity index (χ0n) is 13.1. The number of hydrogen-bond acceptors (Lipinski definition) is 5. The van der Waals surface area contributed by atoms with E-state index in [-0.39, 0.29) is 5.04 Å². The minimum atomic E-state index is -1.64. The molecule has 0 bridgehead atoms. The highest BCUT2D eigenvalue weighted by atomic mass is 28.4. The summed E-state index contributed by atoms with van der Waals surface area (Å²) in [5.41, 5.74) is 5.64. The first-order chi connectivity index (χ1) is 9.17. The van der Waals surface area contributed by atoms with Crippen LogP contribution in [0.2, 0.25) is 18.1 Å². The van der Waals surface area contributed by atoms with Gasteiger partial charge in [0.2, 0.25) is 0 Å². The third kappa shape index (κ3) is 3.49. The van der Waals surface area contributed by atoms with Crippen molar-refractivity contribution in [3.05, 3.63) is 12.4 Å². The summed E-state index contributed by atoms with van der Waals surface area (Å²) in [5, 5.41) is 3.65. The van der Waals surface area contributed by atoms with Crippen molar-refractivity contribution in [3.8, 4) is 0 Å². The van der Waals surface area contributed by atoms with Crippen LogP contribution >= 0.6 is 0 Å². The summed E-state index contributed by atoms with van der Waals surface area (Å²) >= 11 is 0. The lowest BCUT2D eigenvalue weighted by molar-refractivity contribution is 0.0928. The summed E-state index contributed by atoms with van der Waals surface area (Å²) in [6, 6.07) is 2.20. The van der Waals surface area contributed by atoms with Gasteiger partial charge in [-0.2, -0.15) is 0 Å². The molecule has 3 N–H and O–H groups in total. The lowest BCUT2D eigenvalue weighted by Gasteiger charge is -2.45. The first-order valence-corrected chi connectivity index (χ1v) is 10.1. The third-order valence-corrected chi connectivity index (χ3v) is 8.94. The van der Waals surface area contributed by atoms with Gasteiger partial charge in [0.25, 0.3) is 0 Å². The van der Waals surface area contributed by atoms with Crippen molar-refractivity contribution in [2.45, 2.75) is 63.9 Å². The maximum absolute atomic E-state index is 6.37. The van der Waals surface area contributed by atoms with Crippen LogP contribution in [0.5, 0.6) is 0 Å². The van der Waals surface area contributed by atoms with E-state index < -0.39 is 8.32 Å². The fourth-order valence-corrected chi connectivity index (χ4v) is 3.41. The number of hydrogen-bond donors (Lipinski definition) is 2. The number of nitrogen functional groups attached to an aromatic ring is 1. The summed E-state index contributed by atoms with van der Waals surface area (Å²) in [4.78, 5) is 8.05. The Morgan fingerprint density at radius 3 is 2.50 bits per heavy atom. The molecule has 1 aliphatic rings. The van der Waals surface area contributed by atoms with Gasteiger partial charge in [-0.05, 0) is 31.0 Å². The second-order valence-electron chi connectivity index (χ2n) is 7.14. The fraction of sp³-hybridized carbons (Fsp3) is 0.714. The molecule has 0 amide bonds. The molecule has 1 fully saturated rings. The van der Waals surface area contributed by atoms with E-state index in [1.807, 2.05) is 0 Å². The molecule has 0 aliphatic heterocycles. The van der Waals surface area contributed by atoms with Crippen molar-refractivity contribution in [1.82, 2.24) is 9.97 Å². The maximum Gasteiger partial charge on any atom is 0.192 e. The van der Waals surface area contributed by atoms with Crippen molar-refractivity contribution in [1.29, 1.82) is 0 Å². The van der Waals surface area contributed by atoms with Gasteiger partial charge in [0, 0.05) is 18.2 Å². The van der Waals surface area contributed by atoms with Crippen LogP contribution in [0.4, 0.5) is 11.6 Å². The smallest absolute Gasteiger partial charge is 0.192 e. The molecular formula is C14H26N4OSi. The monoisotopic (exact) mass is 294 g/mol. The number of nitrogens with zero attached hydrogens (tertiary/aromatic N) is 2. The molecule has 0 saturated heterocycles. The normalized spacial score (nSPS) is 23.2. The predicted molar refractivity (Wildman–Crippen MR) is 85.2 cm³/mol. The topological polar surface area (TPSA) is 73.1 Å². The van der Waals surface area contributed by atoms with E-state index in [1.165, 1.54) is 6.33 Å². The Hall–Kier alpha value is -1.14. The van der Waals surface area contributed by atoms with Gasteiger partial charge in [-0.3, -0.25) is 0 Å². The highest BCUT2D eigenvalue weighted by Crippen LogP contribution is 2.40. The molecule has 0 atom stereocenters. The van der Waals surface area contributed by atoms with Crippen LogP contribution < -0.4 is 11.1 Å². The molecule has 112 valence electrons. The SMILES string of the molecule is CC(C)(C)[Si](C)(C)OC1CC(Nc2cc(N)ncn2)C1. The van der Waals surface area contributed by atoms with Crippen LogP contribution in [0.1, 0.15) is 33.6 Å². The number of aromatic nitrogens is 2. The van der Waals surface area contributed by atoms with Gasteiger partial charge in [-0.25, -0.2) is 9.97 Å². The largest absolute Gasteiger partial charge is 0.414 e. The van der Waals surface area contributed by atoms with E-state index in [4.69, 9.17) is 10.2 Å². The molecule has 2 rings (SSSR count). The van der Waals surface area contributed by atoms with Crippen molar-refractivity contribution >= 4 is 20.0 Å². The molecular weight excluding hydrogens is 268 g/mol. The van der Waals surface area contributed by atoms with Crippen molar-refractivity contribution in [2.24, 2.45) is 0 Å². The Bertz CT molecular complexity index is 466. The molecule has 6 heteroatoms. The minimum Gasteiger partial charge on any atom is -0.414 e. The predicted octanol–water partition coefficient (Wildman–Crippen LogP) is 3.02. The molecule has 0 radical (unpaired) electrons. The van der Waals surface area contributed by atoms with Gasteiger partial charge < -0.3 is 15.5 Å². The van der Waals surface area contributed by atoms with E-state index in [2.05, 4.69) is 49.1 Å². The summed E-state index contributed by atoms with van der Waals surface area (Å²) in [5.74, 6) is 1.30. The molecule has 1 saturated carbocycles. The number of nitrogens with one attached hydrogen (secondary N) is 1. The van der Waals surface area contributed by atoms with Gasteiger partial charge in [-0.15, -0.1) is 0 Å². The Morgan fingerprint density at radius 1 is 1.30 bits per heavy atom. The second-order valence-corrected chi connectivity index (χ2v) is 11.9. The average molecular weight is 294 g/mol. The van der Waals surface area contributed by atoms with Crippen molar-refractivity contribution in [3.63, 3.8) is 0 Å². The van der Waals surface area contributed by atoms with E-state index in [9.17, 15) is 0 Å². The molecule has 1 aromatic rings. The van der Waals surface area contributed by atoms with E-state index in [0.29, 0.717) is 18.0 Å². The maximum atomic E-state index is 6.37. The summed E-state index contributed by atoms with van der Waals surface area (Å²) in [6.45, 7) is 11.4. The Morgan fingerprint density at radius 2 is 1.95 bits per heavy atom. The van der Waals surface area contributed by atoms with Crippen LogP contribution in [-0.2, 0) is 4.43 Å². The molecule has 1 aliphatic carbocycles. The Labute approximate surface area is 122 Å². The van der Waals surface area contributed by atoms with Crippen molar-refractivity contribution in [2.75, 3.05) is 11.1 Å². The lowest BCUT2D eigenvalue weighted by Crippen LogP contribution is -2.50. The van der Waals surface area contributed by atoms with E-state index in [1.54, 1.807) is 6.07 Å². The third-order valence-electron chi connectivity index (χ3n) is 4.40. The highest BCUT2D eigenvalue weighted by molar-refractivity contribution is 6.74. The van der Waals surface area contributed by atoms with Gasteiger partial charge >= 0.3 is 0 Å². The number of nitrogens with two attached hydrogens (primary N) is 1. The molecule has 1 heterocycles. The highest BCUT2D eigenvalue weighted by Gasteiger charge is 2.42. The van der Waals surface area contributed by atoms with E-state index in [0.717, 1.165) is 18.7 Å². The molecule has 0 unspecified atom stereocenters. The van der Waals surface area contributed by atoms with Crippen LogP contribution in [0.25, 0.3) is 0 Å². The lowest BCUT2D eigenvalue weighted by atomic mass is 9.89. The Balaban J connectivity index is 1.81. The quantitative estimate of drug-likeness (QED) is 0.835. The second kappa shape index (κ2) is 5.33. The van der Waals surface area contributed by atoms with Gasteiger partial charge in [-0.1, -0.05) is 20.8 Å². The zero-order chi connectivity index (χ0) is 15.0. The molecule has 1 aromatic heterocycles. The van der Waals surface area contributed by atoms with Gasteiger partial charge in [0.15, 0.2) is 8.32 Å². The zero-order valence-corrected chi connectivity index (χ0v) is 14.1. The number of rotatable bonds is 4. The van der Waals surface area contributed by atoms with Crippen LogP contribution in [-0.4, -0.2) is 30.4 Å². The molecule has 5 nitrogen and oxygen atoms in total. The minimum absolute atomic E-state index is 0.270. The first kappa shape index (κ1) is 15.2. The molecule has 0 aromatic carbocycles. The molecule has 20 heavy (non-hydrogen) atoms. The average Bonchev–Trinajstić information content (AvgIpc) is 2.24. The Kier molecular flexibility index (Phi) is 4.06. The van der Waals surface area contributed by atoms with Crippen LogP contribution in [0, 0.1) is 0 Å². The summed E-state index contributed by atoms with van der Waals surface area (Å²) in [7, 11) is -1.64. The fourth-order valence-electron chi connectivity index (χ4n) is 2.03. The van der Waals surface area contributed by atoms with Crippen LogP contribution in [0.3, 0.4) is 0 Å². The molecule has 0 spiro atoms. The first-order valence-electron chi connectivity index (χ1n) is 7.19. The standard InChI is InChI=1S/C14H26N4OSi/c1-14(2,3)20(4,5)19-11-6-10(7-11)18-13-8-12(15)16-9-17-13/h8-11H,6-7H2,1-5H3,(H3,15,16,17,18). The summed E-state index contributed by atoms with van der Waals surface area (Å²) in [6.07, 6.45) is 3.94. The van der Waals surface area contributed by atoms with E-state index >= 15 is 0 Å². The van der Waals surface area contributed by atoms with Gasteiger partial charge in [0.1, 0.15) is 18.0 Å². The number of anilines is 2. The van der Waals surface area contributed by atoms with Gasteiger partial charge in [0.05, 0.1) is 0 Å². The van der Waals surface area contributed by atoms with Crippen LogP contribution in [0.15, 0.2) is 12.4 Å².